The molecule has 4 amide bonds. The second-order valence-corrected chi connectivity index (χ2v) is 7.26. The van der Waals surface area contributed by atoms with E-state index in [0.717, 1.165) is 5.56 Å². The van der Waals surface area contributed by atoms with Crippen molar-refractivity contribution >= 4 is 34.3 Å². The average molecular weight is 402 g/mol. The van der Waals surface area contributed by atoms with Crippen molar-refractivity contribution in [2.75, 3.05) is 25.5 Å². The lowest BCUT2D eigenvalue weighted by Gasteiger charge is -2.31. The monoisotopic (exact) mass is 402 g/mol. The fourth-order valence-corrected chi connectivity index (χ4v) is 3.44. The summed E-state index contributed by atoms with van der Waals surface area (Å²) in [6, 6.07) is 6.92. The molecule has 1 saturated heterocycles. The zero-order valence-electron chi connectivity index (χ0n) is 15.5. The molecule has 0 atom stereocenters. The topological polar surface area (TPSA) is 116 Å². The number of likely N-dealkylation sites (tertiary alicyclic amines) is 1. The van der Waals surface area contributed by atoms with Gasteiger partial charge in [0, 0.05) is 38.2 Å². The Morgan fingerprint density at radius 2 is 1.89 bits per heavy atom. The van der Waals surface area contributed by atoms with E-state index in [0.29, 0.717) is 43.2 Å². The second kappa shape index (κ2) is 9.27. The summed E-state index contributed by atoms with van der Waals surface area (Å²) in [4.78, 5) is 37.8. The first kappa shape index (κ1) is 19.7. The predicted octanol–water partition coefficient (Wildman–Crippen LogP) is 1.46. The Morgan fingerprint density at radius 3 is 2.50 bits per heavy atom. The van der Waals surface area contributed by atoms with Crippen molar-refractivity contribution in [1.29, 1.82) is 0 Å². The lowest BCUT2D eigenvalue weighted by Crippen LogP contribution is -2.45. The van der Waals surface area contributed by atoms with Gasteiger partial charge >= 0.3 is 6.03 Å². The van der Waals surface area contributed by atoms with E-state index in [1.807, 2.05) is 12.1 Å². The fourth-order valence-electron chi connectivity index (χ4n) is 2.99. The number of nitrogens with zero attached hydrogens (tertiary/aromatic N) is 3. The summed E-state index contributed by atoms with van der Waals surface area (Å²) < 4.78 is 0. The summed E-state index contributed by atoms with van der Waals surface area (Å²) in [7, 11) is 1.58. The van der Waals surface area contributed by atoms with Crippen LogP contribution in [0.3, 0.4) is 0 Å². The summed E-state index contributed by atoms with van der Waals surface area (Å²) in [6.07, 6.45) is 1.22. The average Bonchev–Trinajstić information content (AvgIpc) is 3.25. The Kier molecular flexibility index (Phi) is 6.53. The SMILES string of the molecule is CNC(=O)c1ccc(CNC(=O)N2CCC(C(=O)Nc3nncs3)CC2)cc1. The van der Waals surface area contributed by atoms with Crippen LogP contribution in [-0.2, 0) is 11.3 Å². The normalized spacial score (nSPS) is 14.4. The van der Waals surface area contributed by atoms with Crippen molar-refractivity contribution in [3.8, 4) is 0 Å². The van der Waals surface area contributed by atoms with Crippen molar-refractivity contribution in [3.63, 3.8) is 0 Å². The molecule has 28 heavy (non-hydrogen) atoms. The van der Waals surface area contributed by atoms with Crippen molar-refractivity contribution in [3.05, 3.63) is 40.9 Å². The van der Waals surface area contributed by atoms with Gasteiger partial charge in [-0.3, -0.25) is 9.59 Å². The van der Waals surface area contributed by atoms with E-state index in [4.69, 9.17) is 0 Å². The zero-order valence-corrected chi connectivity index (χ0v) is 16.3. The van der Waals surface area contributed by atoms with E-state index in [2.05, 4.69) is 26.1 Å². The number of nitrogens with one attached hydrogen (secondary N) is 3. The second-order valence-electron chi connectivity index (χ2n) is 6.43. The number of piperidine rings is 1. The maximum atomic E-state index is 12.4. The molecule has 3 rings (SSSR count). The van der Waals surface area contributed by atoms with Crippen LogP contribution in [-0.4, -0.2) is 53.1 Å². The highest BCUT2D eigenvalue weighted by Gasteiger charge is 2.27. The van der Waals surface area contributed by atoms with Crippen molar-refractivity contribution in [1.82, 2.24) is 25.7 Å². The van der Waals surface area contributed by atoms with Gasteiger partial charge in [0.25, 0.3) is 5.91 Å². The van der Waals surface area contributed by atoms with E-state index < -0.39 is 0 Å². The quantitative estimate of drug-likeness (QED) is 0.700. The summed E-state index contributed by atoms with van der Waals surface area (Å²) >= 11 is 1.28. The zero-order chi connectivity index (χ0) is 19.9. The van der Waals surface area contributed by atoms with Crippen LogP contribution in [0.1, 0.15) is 28.8 Å². The number of benzene rings is 1. The molecular formula is C18H22N6O3S. The van der Waals surface area contributed by atoms with Crippen molar-refractivity contribution < 1.29 is 14.4 Å². The third kappa shape index (κ3) is 5.03. The molecule has 3 N–H and O–H groups in total. The molecule has 1 fully saturated rings. The van der Waals surface area contributed by atoms with Crippen LogP contribution in [0.15, 0.2) is 29.8 Å². The lowest BCUT2D eigenvalue weighted by molar-refractivity contribution is -0.121. The standard InChI is InChI=1S/C18H22N6O3S/c1-19-15(25)13-4-2-12(3-5-13)10-20-18(27)24-8-6-14(7-9-24)16(26)22-17-23-21-11-28-17/h2-5,11,14H,6-10H2,1H3,(H,19,25)(H,20,27)(H,22,23,26). The molecular weight excluding hydrogens is 380 g/mol. The van der Waals surface area contributed by atoms with Crippen molar-refractivity contribution in [2.45, 2.75) is 19.4 Å². The molecule has 1 aliphatic rings. The summed E-state index contributed by atoms with van der Waals surface area (Å²) in [5.41, 5.74) is 3.05. The summed E-state index contributed by atoms with van der Waals surface area (Å²) in [5.74, 6) is -0.355. The van der Waals surface area contributed by atoms with Gasteiger partial charge in [0.15, 0.2) is 0 Å². The molecule has 9 nitrogen and oxygen atoms in total. The number of urea groups is 1. The third-order valence-corrected chi connectivity index (χ3v) is 5.24. The van der Waals surface area contributed by atoms with Gasteiger partial charge < -0.3 is 20.9 Å². The number of rotatable bonds is 5. The molecule has 1 aromatic carbocycles. The minimum absolute atomic E-state index is 0.0759. The van der Waals surface area contributed by atoms with Gasteiger partial charge in [0.2, 0.25) is 11.0 Å². The Hall–Kier alpha value is -3.01. The number of aromatic nitrogens is 2. The third-order valence-electron chi connectivity index (χ3n) is 4.63. The first-order chi connectivity index (χ1) is 13.6. The van der Waals surface area contributed by atoms with Crippen LogP contribution in [0, 0.1) is 5.92 Å². The Balaban J connectivity index is 1.42. The Bertz CT molecular complexity index is 816. The largest absolute Gasteiger partial charge is 0.355 e. The van der Waals surface area contributed by atoms with Gasteiger partial charge in [-0.15, -0.1) is 10.2 Å². The fraction of sp³-hybridized carbons (Fsp3) is 0.389. The maximum Gasteiger partial charge on any atom is 0.317 e. The van der Waals surface area contributed by atoms with Crippen LogP contribution >= 0.6 is 11.3 Å². The van der Waals surface area contributed by atoms with E-state index >= 15 is 0 Å². The van der Waals surface area contributed by atoms with Crippen LogP contribution < -0.4 is 16.0 Å². The molecule has 0 bridgehead atoms. The molecule has 0 spiro atoms. The van der Waals surface area contributed by atoms with Gasteiger partial charge in [0.1, 0.15) is 5.51 Å². The van der Waals surface area contributed by atoms with E-state index in [1.54, 1.807) is 29.6 Å². The molecule has 148 valence electrons. The molecule has 0 saturated carbocycles. The Labute approximate surface area is 166 Å². The first-order valence-corrected chi connectivity index (χ1v) is 9.85. The van der Waals surface area contributed by atoms with E-state index in [9.17, 15) is 14.4 Å². The van der Waals surface area contributed by atoms with Gasteiger partial charge in [0.05, 0.1) is 0 Å². The number of carbonyl (C=O) groups is 3. The molecule has 0 radical (unpaired) electrons. The number of amides is 4. The highest BCUT2D eigenvalue weighted by molar-refractivity contribution is 7.13. The predicted molar refractivity (Wildman–Crippen MR) is 105 cm³/mol. The molecule has 2 aromatic rings. The van der Waals surface area contributed by atoms with E-state index in [-0.39, 0.29) is 23.8 Å². The first-order valence-electron chi connectivity index (χ1n) is 8.97. The minimum Gasteiger partial charge on any atom is -0.355 e. The smallest absolute Gasteiger partial charge is 0.317 e. The van der Waals surface area contributed by atoms with Gasteiger partial charge in [-0.25, -0.2) is 4.79 Å². The number of carbonyl (C=O) groups excluding carboxylic acids is 3. The van der Waals surface area contributed by atoms with Crippen LogP contribution in [0.2, 0.25) is 0 Å². The van der Waals surface area contributed by atoms with E-state index in [1.165, 1.54) is 11.3 Å². The lowest BCUT2D eigenvalue weighted by atomic mass is 9.96. The number of anilines is 1. The molecule has 0 unspecified atom stereocenters. The summed E-state index contributed by atoms with van der Waals surface area (Å²) in [5, 5.41) is 16.2. The number of hydrogen-bond acceptors (Lipinski definition) is 6. The molecule has 1 aliphatic heterocycles. The van der Waals surface area contributed by atoms with Crippen LogP contribution in [0.5, 0.6) is 0 Å². The number of hydrogen-bond donors (Lipinski definition) is 3. The minimum atomic E-state index is -0.154. The van der Waals surface area contributed by atoms with Crippen LogP contribution in [0.4, 0.5) is 9.93 Å². The van der Waals surface area contributed by atoms with Gasteiger partial charge in [-0.2, -0.15) is 0 Å². The van der Waals surface area contributed by atoms with Crippen molar-refractivity contribution in [2.24, 2.45) is 5.92 Å². The Morgan fingerprint density at radius 1 is 1.18 bits per heavy atom. The summed E-state index contributed by atoms with van der Waals surface area (Å²) in [6.45, 7) is 1.43. The molecule has 10 heteroatoms. The molecule has 1 aromatic heterocycles. The molecule has 0 aliphatic carbocycles. The molecule has 2 heterocycles. The highest BCUT2D eigenvalue weighted by atomic mass is 32.1. The van der Waals surface area contributed by atoms with Crippen LogP contribution in [0.25, 0.3) is 0 Å². The highest BCUT2D eigenvalue weighted by Crippen LogP contribution is 2.20. The maximum absolute atomic E-state index is 12.4. The van der Waals surface area contributed by atoms with Gasteiger partial charge in [-0.05, 0) is 30.5 Å². The van der Waals surface area contributed by atoms with Gasteiger partial charge in [-0.1, -0.05) is 23.5 Å².